The van der Waals surface area contributed by atoms with E-state index < -0.39 is 0 Å². The third kappa shape index (κ3) is 2.86. The van der Waals surface area contributed by atoms with Crippen molar-refractivity contribution in [3.63, 3.8) is 0 Å². The number of anilines is 3. The van der Waals surface area contributed by atoms with Crippen LogP contribution in [0.25, 0.3) is 11.3 Å². The van der Waals surface area contributed by atoms with E-state index in [0.29, 0.717) is 11.4 Å². The van der Waals surface area contributed by atoms with Crippen LogP contribution in [0.2, 0.25) is 0 Å². The summed E-state index contributed by atoms with van der Waals surface area (Å²) in [6.07, 6.45) is 5.83. The van der Waals surface area contributed by atoms with Crippen molar-refractivity contribution in [2.75, 3.05) is 11.1 Å². The summed E-state index contributed by atoms with van der Waals surface area (Å²) in [5, 5.41) is 3.25. The van der Waals surface area contributed by atoms with Crippen LogP contribution in [0.3, 0.4) is 0 Å². The van der Waals surface area contributed by atoms with Crippen molar-refractivity contribution in [3.05, 3.63) is 54.7 Å². The number of nitrogen functional groups attached to an aromatic ring is 1. The zero-order valence-corrected chi connectivity index (χ0v) is 11.7. The number of nitrogens with two attached hydrogens (primary N) is 1. The van der Waals surface area contributed by atoms with Crippen LogP contribution >= 0.6 is 0 Å². The van der Waals surface area contributed by atoms with Crippen LogP contribution in [-0.2, 0) is 6.42 Å². The van der Waals surface area contributed by atoms with E-state index in [9.17, 15) is 0 Å². The molecule has 0 fully saturated rings. The first kappa shape index (κ1) is 13.2. The van der Waals surface area contributed by atoms with Gasteiger partial charge in [0.15, 0.2) is 12.2 Å². The van der Waals surface area contributed by atoms with Crippen LogP contribution in [0.15, 0.2) is 53.5 Å². The van der Waals surface area contributed by atoms with Crippen LogP contribution < -0.4 is 11.1 Å². The molecule has 0 unspecified atom stereocenters. The van der Waals surface area contributed by atoms with Gasteiger partial charge in [0.05, 0.1) is 17.6 Å². The molecule has 0 amide bonds. The van der Waals surface area contributed by atoms with Crippen molar-refractivity contribution >= 4 is 17.2 Å². The molecule has 0 aliphatic rings. The highest BCUT2D eigenvalue weighted by atomic mass is 16.3. The van der Waals surface area contributed by atoms with Crippen LogP contribution in [0.5, 0.6) is 0 Å². The van der Waals surface area contributed by atoms with Gasteiger partial charge in [0.25, 0.3) is 0 Å². The Kier molecular flexibility index (Phi) is 3.55. The number of rotatable bonds is 4. The number of nitrogens with zero attached hydrogens (tertiary/aromatic N) is 2. The zero-order chi connectivity index (χ0) is 14.7. The Bertz CT molecular complexity index is 738. The molecule has 0 aliphatic heterocycles. The number of pyridine rings is 1. The van der Waals surface area contributed by atoms with Gasteiger partial charge in [-0.15, -0.1) is 0 Å². The van der Waals surface area contributed by atoms with Gasteiger partial charge in [-0.2, -0.15) is 0 Å². The summed E-state index contributed by atoms with van der Waals surface area (Å²) in [5.74, 6) is 1.48. The van der Waals surface area contributed by atoms with Gasteiger partial charge < -0.3 is 15.5 Å². The number of aryl methyl sites for hydroxylation is 1. The van der Waals surface area contributed by atoms with E-state index >= 15 is 0 Å². The lowest BCUT2D eigenvalue weighted by Crippen LogP contribution is -1.99. The molecule has 21 heavy (non-hydrogen) atoms. The molecule has 0 saturated heterocycles. The molecule has 2 heterocycles. The molecular weight excluding hydrogens is 264 g/mol. The summed E-state index contributed by atoms with van der Waals surface area (Å²) in [5.41, 5.74) is 9.61. The van der Waals surface area contributed by atoms with E-state index in [1.165, 1.54) is 12.0 Å². The molecule has 0 saturated carbocycles. The van der Waals surface area contributed by atoms with Crippen molar-refractivity contribution in [1.82, 2.24) is 9.97 Å². The summed E-state index contributed by atoms with van der Waals surface area (Å²) < 4.78 is 5.31. The van der Waals surface area contributed by atoms with Gasteiger partial charge >= 0.3 is 0 Å². The minimum atomic E-state index is 0.655. The van der Waals surface area contributed by atoms with Crippen LogP contribution in [0, 0.1) is 0 Å². The second-order valence-corrected chi connectivity index (χ2v) is 4.70. The lowest BCUT2D eigenvalue weighted by atomic mass is 10.1. The number of aromatic nitrogens is 2. The first-order chi connectivity index (χ1) is 10.3. The number of oxazole rings is 1. The second-order valence-electron chi connectivity index (χ2n) is 4.70. The molecular formula is C16H16N4O. The molecule has 0 radical (unpaired) electrons. The van der Waals surface area contributed by atoms with E-state index in [4.69, 9.17) is 10.2 Å². The molecule has 0 spiro atoms. The molecule has 0 bridgehead atoms. The lowest BCUT2D eigenvalue weighted by molar-refractivity contribution is 0.572. The molecule has 0 atom stereocenters. The standard InChI is InChI=1S/C16H16N4O/c1-2-11-5-6-19-16(7-11)20-14-8-12(3-4-13(14)17)15-9-18-10-21-15/h3-10H,2,17H2,1H3,(H,19,20). The minimum Gasteiger partial charge on any atom is -0.444 e. The topological polar surface area (TPSA) is 77.0 Å². The van der Waals surface area contributed by atoms with Crippen LogP contribution in [-0.4, -0.2) is 9.97 Å². The number of benzene rings is 1. The van der Waals surface area contributed by atoms with Gasteiger partial charge in [-0.1, -0.05) is 6.92 Å². The Morgan fingerprint density at radius 2 is 2.14 bits per heavy atom. The third-order valence-electron chi connectivity index (χ3n) is 3.27. The Morgan fingerprint density at radius 1 is 1.24 bits per heavy atom. The highest BCUT2D eigenvalue weighted by Crippen LogP contribution is 2.29. The highest BCUT2D eigenvalue weighted by molar-refractivity contribution is 5.77. The molecule has 5 heteroatoms. The molecule has 3 N–H and O–H groups in total. The highest BCUT2D eigenvalue weighted by Gasteiger charge is 2.07. The Balaban J connectivity index is 1.92. The average molecular weight is 280 g/mol. The van der Waals surface area contributed by atoms with Crippen molar-refractivity contribution in [2.24, 2.45) is 0 Å². The number of hydrogen-bond acceptors (Lipinski definition) is 5. The zero-order valence-electron chi connectivity index (χ0n) is 11.7. The number of nitrogens with one attached hydrogen (secondary N) is 1. The van der Waals surface area contributed by atoms with E-state index in [0.717, 1.165) is 23.5 Å². The quantitative estimate of drug-likeness (QED) is 0.714. The van der Waals surface area contributed by atoms with Gasteiger partial charge in [-0.25, -0.2) is 9.97 Å². The lowest BCUT2D eigenvalue weighted by Gasteiger charge is -2.10. The largest absolute Gasteiger partial charge is 0.444 e. The maximum absolute atomic E-state index is 6.02. The fraction of sp³-hybridized carbons (Fsp3) is 0.125. The molecule has 2 aromatic heterocycles. The van der Waals surface area contributed by atoms with E-state index in [1.54, 1.807) is 12.4 Å². The van der Waals surface area contributed by atoms with Gasteiger partial charge in [-0.05, 0) is 42.3 Å². The Hall–Kier alpha value is -2.82. The van der Waals surface area contributed by atoms with Crippen molar-refractivity contribution in [3.8, 4) is 11.3 Å². The van der Waals surface area contributed by atoms with E-state index in [1.807, 2.05) is 30.3 Å². The van der Waals surface area contributed by atoms with Crippen molar-refractivity contribution in [2.45, 2.75) is 13.3 Å². The Morgan fingerprint density at radius 3 is 2.90 bits per heavy atom. The molecule has 106 valence electrons. The van der Waals surface area contributed by atoms with E-state index in [2.05, 4.69) is 22.2 Å². The molecule has 3 aromatic rings. The third-order valence-corrected chi connectivity index (χ3v) is 3.27. The predicted octanol–water partition coefficient (Wildman–Crippen LogP) is 3.62. The number of hydrogen-bond donors (Lipinski definition) is 2. The van der Waals surface area contributed by atoms with Crippen molar-refractivity contribution < 1.29 is 4.42 Å². The molecule has 3 rings (SSSR count). The van der Waals surface area contributed by atoms with Gasteiger partial charge in [0, 0.05) is 11.8 Å². The molecule has 1 aromatic carbocycles. The van der Waals surface area contributed by atoms with Gasteiger partial charge in [0.1, 0.15) is 5.82 Å². The van der Waals surface area contributed by atoms with Gasteiger partial charge in [-0.3, -0.25) is 0 Å². The second kappa shape index (κ2) is 5.66. The predicted molar refractivity (Wildman–Crippen MR) is 83.2 cm³/mol. The maximum Gasteiger partial charge on any atom is 0.181 e. The van der Waals surface area contributed by atoms with Gasteiger partial charge in [0.2, 0.25) is 0 Å². The van der Waals surface area contributed by atoms with Crippen LogP contribution in [0.4, 0.5) is 17.2 Å². The average Bonchev–Trinajstić information content (AvgIpc) is 3.04. The normalized spacial score (nSPS) is 10.5. The summed E-state index contributed by atoms with van der Waals surface area (Å²) in [6.45, 7) is 2.11. The molecule has 0 aliphatic carbocycles. The first-order valence-corrected chi connectivity index (χ1v) is 6.76. The SMILES string of the molecule is CCc1ccnc(Nc2cc(-c3cnco3)ccc2N)c1. The molecule has 5 nitrogen and oxygen atoms in total. The Labute approximate surface area is 122 Å². The maximum atomic E-state index is 6.02. The monoisotopic (exact) mass is 280 g/mol. The summed E-state index contributed by atoms with van der Waals surface area (Å²) in [7, 11) is 0. The summed E-state index contributed by atoms with van der Waals surface area (Å²) in [6, 6.07) is 9.68. The fourth-order valence-electron chi connectivity index (χ4n) is 2.08. The summed E-state index contributed by atoms with van der Waals surface area (Å²) >= 11 is 0. The van der Waals surface area contributed by atoms with Crippen molar-refractivity contribution in [1.29, 1.82) is 0 Å². The fourth-order valence-corrected chi connectivity index (χ4v) is 2.08. The smallest absolute Gasteiger partial charge is 0.181 e. The minimum absolute atomic E-state index is 0.655. The summed E-state index contributed by atoms with van der Waals surface area (Å²) in [4.78, 5) is 8.24. The van der Waals surface area contributed by atoms with E-state index in [-0.39, 0.29) is 0 Å². The first-order valence-electron chi connectivity index (χ1n) is 6.76. The van der Waals surface area contributed by atoms with Crippen LogP contribution in [0.1, 0.15) is 12.5 Å².